The second kappa shape index (κ2) is 4.37. The van der Waals surface area contributed by atoms with Crippen LogP contribution in [0, 0.1) is 6.92 Å². The normalized spacial score (nSPS) is 12.8. The molecule has 0 atom stereocenters. The highest BCUT2D eigenvalue weighted by Crippen LogP contribution is 2.35. The highest BCUT2D eigenvalue weighted by atomic mass is 31.2. The first-order valence-electron chi connectivity index (χ1n) is 5.15. The molecule has 0 fully saturated rings. The van der Waals surface area contributed by atoms with Gasteiger partial charge in [0, 0.05) is 5.69 Å². The van der Waals surface area contributed by atoms with Crippen molar-refractivity contribution in [3.05, 3.63) is 17.5 Å². The van der Waals surface area contributed by atoms with Gasteiger partial charge in [-0.2, -0.15) is 5.10 Å². The molecule has 0 aliphatic rings. The van der Waals surface area contributed by atoms with Gasteiger partial charge in [0.15, 0.2) is 5.78 Å². The van der Waals surface area contributed by atoms with E-state index in [4.69, 9.17) is 9.79 Å². The van der Waals surface area contributed by atoms with Gasteiger partial charge in [0.2, 0.25) is 0 Å². The maximum atomic E-state index is 11.7. The van der Waals surface area contributed by atoms with Crippen molar-refractivity contribution in [3.8, 4) is 0 Å². The summed E-state index contributed by atoms with van der Waals surface area (Å²) >= 11 is 0. The van der Waals surface area contributed by atoms with Gasteiger partial charge in [0.1, 0.15) is 6.16 Å². The molecule has 0 aliphatic heterocycles. The number of hydrogen-bond donors (Lipinski definition) is 2. The summed E-state index contributed by atoms with van der Waals surface area (Å²) in [5, 5.41) is 4.08. The zero-order valence-corrected chi connectivity index (χ0v) is 11.2. The van der Waals surface area contributed by atoms with Gasteiger partial charge >= 0.3 is 7.60 Å². The second-order valence-electron chi connectivity index (χ2n) is 4.97. The SMILES string of the molecule is Cc1c(C(=O)CP(=O)(O)O)cnn1C(C)(C)C. The molecule has 1 heterocycles. The van der Waals surface area contributed by atoms with Gasteiger partial charge in [-0.3, -0.25) is 14.0 Å². The number of aromatic nitrogens is 2. The molecule has 0 amide bonds. The minimum atomic E-state index is -4.33. The Morgan fingerprint density at radius 3 is 2.35 bits per heavy atom. The first-order valence-corrected chi connectivity index (χ1v) is 6.95. The van der Waals surface area contributed by atoms with Crippen molar-refractivity contribution in [1.29, 1.82) is 0 Å². The monoisotopic (exact) mass is 260 g/mol. The molecule has 0 spiro atoms. The molecule has 6 nitrogen and oxygen atoms in total. The molecule has 0 bridgehead atoms. The van der Waals surface area contributed by atoms with Gasteiger partial charge in [0.25, 0.3) is 0 Å². The predicted molar refractivity (Wildman–Crippen MR) is 63.2 cm³/mol. The Morgan fingerprint density at radius 1 is 1.47 bits per heavy atom. The molecule has 0 unspecified atom stereocenters. The first kappa shape index (κ1) is 14.1. The lowest BCUT2D eigenvalue weighted by Gasteiger charge is -2.21. The van der Waals surface area contributed by atoms with Crippen LogP contribution >= 0.6 is 7.60 Å². The van der Waals surface area contributed by atoms with Gasteiger partial charge < -0.3 is 9.79 Å². The van der Waals surface area contributed by atoms with Crippen LogP contribution in [-0.4, -0.2) is 31.5 Å². The molecule has 1 aromatic heterocycles. The minimum absolute atomic E-state index is 0.267. The number of hydrogen-bond acceptors (Lipinski definition) is 3. The molecule has 0 aromatic carbocycles. The van der Waals surface area contributed by atoms with E-state index in [1.54, 1.807) is 11.6 Å². The first-order chi connectivity index (χ1) is 7.52. The van der Waals surface area contributed by atoms with E-state index >= 15 is 0 Å². The number of nitrogens with zero attached hydrogens (tertiary/aromatic N) is 2. The Labute approximate surface area is 99.8 Å². The number of carbonyl (C=O) groups excluding carboxylic acids is 1. The fourth-order valence-corrected chi connectivity index (χ4v) is 2.18. The number of Topliss-reactive ketones (excluding diaryl/α,β-unsaturated/α-hetero) is 1. The van der Waals surface area contributed by atoms with Crippen LogP contribution in [0.2, 0.25) is 0 Å². The lowest BCUT2D eigenvalue weighted by Crippen LogP contribution is -2.24. The zero-order chi connectivity index (χ0) is 13.4. The van der Waals surface area contributed by atoms with Crippen molar-refractivity contribution < 1.29 is 19.1 Å². The predicted octanol–water partition coefficient (Wildman–Crippen LogP) is 1.31. The summed E-state index contributed by atoms with van der Waals surface area (Å²) in [4.78, 5) is 29.2. The zero-order valence-electron chi connectivity index (χ0n) is 10.3. The molecule has 17 heavy (non-hydrogen) atoms. The highest BCUT2D eigenvalue weighted by Gasteiger charge is 2.25. The molecule has 0 saturated heterocycles. The van der Waals surface area contributed by atoms with E-state index in [0.717, 1.165) is 0 Å². The smallest absolute Gasteiger partial charge is 0.324 e. The van der Waals surface area contributed by atoms with Crippen LogP contribution in [0.15, 0.2) is 6.20 Å². The third-order valence-corrected chi connectivity index (χ3v) is 2.99. The molecule has 0 aliphatic carbocycles. The number of carbonyl (C=O) groups is 1. The second-order valence-corrected chi connectivity index (χ2v) is 6.62. The summed E-state index contributed by atoms with van der Waals surface area (Å²) in [6, 6.07) is 0. The standard InChI is InChI=1S/C10H17N2O4P/c1-7-8(9(13)6-17(14,15)16)5-11-12(7)10(2,3)4/h5H,6H2,1-4H3,(H2,14,15,16). The van der Waals surface area contributed by atoms with Crippen LogP contribution in [0.25, 0.3) is 0 Å². The maximum Gasteiger partial charge on any atom is 0.333 e. The molecule has 2 N–H and O–H groups in total. The lowest BCUT2D eigenvalue weighted by molar-refractivity contribution is 0.101. The summed E-state index contributed by atoms with van der Waals surface area (Å²) in [6.45, 7) is 7.52. The van der Waals surface area contributed by atoms with Crippen LogP contribution < -0.4 is 0 Å². The Kier molecular flexibility index (Phi) is 3.62. The Hall–Kier alpha value is -0.970. The van der Waals surface area contributed by atoms with Gasteiger partial charge in [-0.15, -0.1) is 0 Å². The van der Waals surface area contributed by atoms with Gasteiger partial charge in [-0.05, 0) is 27.7 Å². The van der Waals surface area contributed by atoms with Crippen molar-refractivity contribution in [1.82, 2.24) is 9.78 Å². The summed E-state index contributed by atoms with van der Waals surface area (Å²) in [5.41, 5.74) is 0.615. The van der Waals surface area contributed by atoms with Gasteiger partial charge in [-0.25, -0.2) is 0 Å². The summed E-state index contributed by atoms with van der Waals surface area (Å²) in [6.07, 6.45) is 0.586. The van der Waals surface area contributed by atoms with E-state index < -0.39 is 19.5 Å². The molecule has 1 rings (SSSR count). The lowest BCUT2D eigenvalue weighted by atomic mass is 10.1. The Balaban J connectivity index is 3.06. The Morgan fingerprint density at radius 2 is 2.00 bits per heavy atom. The van der Waals surface area contributed by atoms with Crippen molar-refractivity contribution in [2.75, 3.05) is 6.16 Å². The van der Waals surface area contributed by atoms with E-state index in [2.05, 4.69) is 5.10 Å². The van der Waals surface area contributed by atoms with Crippen LogP contribution in [-0.2, 0) is 10.1 Å². The molecular formula is C10H17N2O4P. The molecular weight excluding hydrogens is 243 g/mol. The number of ketones is 1. The van der Waals surface area contributed by atoms with Crippen molar-refractivity contribution in [2.24, 2.45) is 0 Å². The summed E-state index contributed by atoms with van der Waals surface area (Å²) < 4.78 is 12.4. The largest absolute Gasteiger partial charge is 0.333 e. The van der Waals surface area contributed by atoms with Crippen molar-refractivity contribution in [3.63, 3.8) is 0 Å². The molecule has 96 valence electrons. The van der Waals surface area contributed by atoms with Crippen LogP contribution in [0.4, 0.5) is 0 Å². The van der Waals surface area contributed by atoms with Crippen molar-refractivity contribution in [2.45, 2.75) is 33.2 Å². The van der Waals surface area contributed by atoms with Crippen LogP contribution in [0.3, 0.4) is 0 Å². The third kappa shape index (κ3) is 3.49. The molecule has 0 saturated carbocycles. The quantitative estimate of drug-likeness (QED) is 0.631. The van der Waals surface area contributed by atoms with E-state index in [9.17, 15) is 9.36 Å². The average Bonchev–Trinajstić information content (AvgIpc) is 2.42. The van der Waals surface area contributed by atoms with E-state index in [1.807, 2.05) is 20.8 Å². The summed E-state index contributed by atoms with van der Waals surface area (Å²) in [5.74, 6) is -0.577. The summed E-state index contributed by atoms with van der Waals surface area (Å²) in [7, 11) is -4.33. The van der Waals surface area contributed by atoms with E-state index in [0.29, 0.717) is 5.69 Å². The fraction of sp³-hybridized carbons (Fsp3) is 0.600. The van der Waals surface area contributed by atoms with E-state index in [1.165, 1.54) is 6.20 Å². The van der Waals surface area contributed by atoms with E-state index in [-0.39, 0.29) is 11.1 Å². The average molecular weight is 260 g/mol. The van der Waals surface area contributed by atoms with Crippen LogP contribution in [0.5, 0.6) is 0 Å². The van der Waals surface area contributed by atoms with Gasteiger partial charge in [0.05, 0.1) is 17.3 Å². The third-order valence-electron chi connectivity index (χ3n) is 2.30. The molecule has 7 heteroatoms. The van der Waals surface area contributed by atoms with Gasteiger partial charge in [-0.1, -0.05) is 0 Å². The molecule has 1 aromatic rings. The fourth-order valence-electron chi connectivity index (χ4n) is 1.63. The Bertz CT molecular complexity index is 481. The highest BCUT2D eigenvalue weighted by molar-refractivity contribution is 7.52. The minimum Gasteiger partial charge on any atom is -0.324 e. The number of rotatable bonds is 3. The maximum absolute atomic E-state index is 11.7. The topological polar surface area (TPSA) is 92.4 Å². The molecule has 0 radical (unpaired) electrons. The van der Waals surface area contributed by atoms with Crippen LogP contribution in [0.1, 0.15) is 36.8 Å². The van der Waals surface area contributed by atoms with Crippen molar-refractivity contribution >= 4 is 13.4 Å².